The van der Waals surface area contributed by atoms with E-state index in [-0.39, 0.29) is 41.0 Å². The summed E-state index contributed by atoms with van der Waals surface area (Å²) in [5.74, 6) is 0. The third-order valence-corrected chi connectivity index (χ3v) is 9.89. The van der Waals surface area contributed by atoms with Crippen molar-refractivity contribution in [2.24, 2.45) is 0 Å². The van der Waals surface area contributed by atoms with E-state index in [1.807, 2.05) is 0 Å². The Morgan fingerprint density at radius 3 is 2.07 bits per heavy atom. The summed E-state index contributed by atoms with van der Waals surface area (Å²) in [6, 6.07) is 7.94. The summed E-state index contributed by atoms with van der Waals surface area (Å²) in [7, 11) is -7.63. The minimum atomic E-state index is -3.94. The third kappa shape index (κ3) is 4.07. The highest BCUT2D eigenvalue weighted by Gasteiger charge is 2.34. The second-order valence-corrected chi connectivity index (χ2v) is 12.2. The zero-order chi connectivity index (χ0) is 19.8. The first-order chi connectivity index (χ1) is 12.6. The molecule has 0 N–H and O–H groups in total. The molecule has 0 bridgehead atoms. The molecule has 0 atom stereocenters. The van der Waals surface area contributed by atoms with Crippen LogP contribution in [0.1, 0.15) is 0 Å². The van der Waals surface area contributed by atoms with E-state index in [4.69, 9.17) is 0 Å². The number of thiophene rings is 1. The molecule has 0 amide bonds. The van der Waals surface area contributed by atoms with E-state index in [1.165, 1.54) is 28.6 Å². The van der Waals surface area contributed by atoms with Gasteiger partial charge in [-0.1, -0.05) is 6.07 Å². The SMILES string of the molecule is O=[N+]([O-])c1cccc(S(=O)(=O)N2CCN(S(=O)(=O)c3ccc(Br)s3)CC2)c1. The first kappa shape index (κ1) is 20.4. The van der Waals surface area contributed by atoms with Gasteiger partial charge in [0.1, 0.15) is 4.21 Å². The molecule has 2 heterocycles. The second-order valence-electron chi connectivity index (χ2n) is 5.62. The number of non-ortho nitro benzene ring substituents is 1. The summed E-state index contributed by atoms with van der Waals surface area (Å²) >= 11 is 4.31. The van der Waals surface area contributed by atoms with Crippen molar-refractivity contribution in [1.29, 1.82) is 0 Å². The Labute approximate surface area is 168 Å². The fourth-order valence-electron chi connectivity index (χ4n) is 2.62. The topological polar surface area (TPSA) is 118 Å². The zero-order valence-electron chi connectivity index (χ0n) is 13.7. The molecule has 3 rings (SSSR count). The van der Waals surface area contributed by atoms with Crippen LogP contribution in [-0.2, 0) is 20.0 Å². The van der Waals surface area contributed by atoms with E-state index in [1.54, 1.807) is 6.07 Å². The predicted molar refractivity (Wildman–Crippen MR) is 103 cm³/mol. The van der Waals surface area contributed by atoms with Crippen molar-refractivity contribution in [3.05, 3.63) is 50.3 Å². The van der Waals surface area contributed by atoms with Gasteiger partial charge in [0.05, 0.1) is 13.6 Å². The lowest BCUT2D eigenvalue weighted by Crippen LogP contribution is -2.50. The number of halogens is 1. The fourth-order valence-corrected chi connectivity index (χ4v) is 7.67. The van der Waals surface area contributed by atoms with Crippen LogP contribution in [0.4, 0.5) is 5.69 Å². The van der Waals surface area contributed by atoms with Crippen molar-refractivity contribution >= 4 is 53.0 Å². The van der Waals surface area contributed by atoms with Gasteiger partial charge >= 0.3 is 0 Å². The Hall–Kier alpha value is -1.38. The van der Waals surface area contributed by atoms with Gasteiger partial charge in [0.2, 0.25) is 10.0 Å². The minimum Gasteiger partial charge on any atom is -0.258 e. The zero-order valence-corrected chi connectivity index (χ0v) is 17.7. The molecule has 1 aliphatic rings. The second kappa shape index (κ2) is 7.56. The highest BCUT2D eigenvalue weighted by atomic mass is 79.9. The third-order valence-electron chi connectivity index (χ3n) is 4.01. The van der Waals surface area contributed by atoms with Gasteiger partial charge in [-0.2, -0.15) is 8.61 Å². The van der Waals surface area contributed by atoms with Gasteiger partial charge in [-0.3, -0.25) is 10.1 Å². The molecule has 0 spiro atoms. The van der Waals surface area contributed by atoms with Crippen LogP contribution in [-0.4, -0.2) is 56.5 Å². The van der Waals surface area contributed by atoms with Crippen LogP contribution < -0.4 is 0 Å². The Kier molecular flexibility index (Phi) is 5.70. The highest BCUT2D eigenvalue weighted by Crippen LogP contribution is 2.29. The van der Waals surface area contributed by atoms with Gasteiger partial charge in [0.25, 0.3) is 15.7 Å². The lowest BCUT2D eigenvalue weighted by atomic mass is 10.3. The quantitative estimate of drug-likeness (QED) is 0.462. The Balaban J connectivity index is 1.77. The number of benzene rings is 1. The molecule has 1 fully saturated rings. The molecule has 146 valence electrons. The van der Waals surface area contributed by atoms with Crippen LogP contribution in [0.3, 0.4) is 0 Å². The van der Waals surface area contributed by atoms with Gasteiger partial charge in [0, 0.05) is 38.3 Å². The van der Waals surface area contributed by atoms with Crippen LogP contribution >= 0.6 is 27.3 Å². The monoisotopic (exact) mass is 495 g/mol. The standard InChI is InChI=1S/C14H14BrN3O6S3/c15-13-4-5-14(25-13)27(23,24)17-8-6-16(7-9-17)26(21,22)12-3-1-2-11(10-12)18(19)20/h1-5,10H,6-9H2. The Bertz CT molecular complexity index is 1080. The molecule has 1 saturated heterocycles. The van der Waals surface area contributed by atoms with E-state index < -0.39 is 25.0 Å². The fraction of sp³-hybridized carbons (Fsp3) is 0.286. The average Bonchev–Trinajstić information content (AvgIpc) is 3.09. The van der Waals surface area contributed by atoms with E-state index in [0.717, 1.165) is 21.7 Å². The number of nitrogens with zero attached hydrogens (tertiary/aromatic N) is 3. The van der Waals surface area contributed by atoms with Crippen molar-refractivity contribution in [3.8, 4) is 0 Å². The number of nitro benzene ring substituents is 1. The van der Waals surface area contributed by atoms with Crippen LogP contribution in [0, 0.1) is 10.1 Å². The number of hydrogen-bond donors (Lipinski definition) is 0. The van der Waals surface area contributed by atoms with Gasteiger partial charge in [-0.25, -0.2) is 16.8 Å². The molecular formula is C14H14BrN3O6S3. The molecule has 13 heteroatoms. The Morgan fingerprint density at radius 2 is 1.56 bits per heavy atom. The van der Waals surface area contributed by atoms with Crippen molar-refractivity contribution in [1.82, 2.24) is 8.61 Å². The maximum Gasteiger partial charge on any atom is 0.270 e. The maximum absolute atomic E-state index is 12.7. The van der Waals surface area contributed by atoms with Crippen molar-refractivity contribution in [3.63, 3.8) is 0 Å². The number of rotatable bonds is 5. The molecule has 1 aliphatic heterocycles. The molecule has 0 aliphatic carbocycles. The van der Waals surface area contributed by atoms with E-state index in [2.05, 4.69) is 15.9 Å². The van der Waals surface area contributed by atoms with E-state index in [9.17, 15) is 26.9 Å². The van der Waals surface area contributed by atoms with Gasteiger partial charge in [-0.05, 0) is 34.1 Å². The van der Waals surface area contributed by atoms with E-state index >= 15 is 0 Å². The van der Waals surface area contributed by atoms with Crippen LogP contribution in [0.2, 0.25) is 0 Å². The molecule has 0 radical (unpaired) electrons. The largest absolute Gasteiger partial charge is 0.270 e. The number of piperazine rings is 1. The smallest absolute Gasteiger partial charge is 0.258 e. The number of sulfonamides is 2. The summed E-state index contributed by atoms with van der Waals surface area (Å²) in [5.41, 5.74) is -0.319. The van der Waals surface area contributed by atoms with Crippen molar-refractivity contribution in [2.45, 2.75) is 9.10 Å². The summed E-state index contributed by atoms with van der Waals surface area (Å²) in [6.07, 6.45) is 0. The molecule has 0 unspecified atom stereocenters. The predicted octanol–water partition coefficient (Wildman–Crippen LogP) is 2.11. The molecule has 27 heavy (non-hydrogen) atoms. The molecule has 9 nitrogen and oxygen atoms in total. The van der Waals surface area contributed by atoms with Gasteiger partial charge in [0.15, 0.2) is 0 Å². The lowest BCUT2D eigenvalue weighted by molar-refractivity contribution is -0.385. The lowest BCUT2D eigenvalue weighted by Gasteiger charge is -2.32. The first-order valence-corrected chi connectivity index (χ1v) is 12.1. The minimum absolute atomic E-state index is 0.00596. The van der Waals surface area contributed by atoms with Crippen molar-refractivity contribution in [2.75, 3.05) is 26.2 Å². The summed E-state index contributed by atoms with van der Waals surface area (Å²) in [5, 5.41) is 10.9. The number of hydrogen-bond acceptors (Lipinski definition) is 7. The number of nitro groups is 1. The molecule has 2 aromatic rings. The molecule has 1 aromatic carbocycles. The molecule has 1 aromatic heterocycles. The van der Waals surface area contributed by atoms with Crippen LogP contribution in [0.5, 0.6) is 0 Å². The highest BCUT2D eigenvalue weighted by molar-refractivity contribution is 9.11. The van der Waals surface area contributed by atoms with Gasteiger partial charge in [-0.15, -0.1) is 11.3 Å². The van der Waals surface area contributed by atoms with Crippen molar-refractivity contribution < 1.29 is 21.8 Å². The summed E-state index contributed by atoms with van der Waals surface area (Å²) < 4.78 is 53.9. The first-order valence-electron chi connectivity index (χ1n) is 7.62. The Morgan fingerprint density at radius 1 is 0.963 bits per heavy atom. The molecule has 0 saturated carbocycles. The van der Waals surface area contributed by atoms with Crippen LogP contribution in [0.25, 0.3) is 0 Å². The molecular weight excluding hydrogens is 482 g/mol. The average molecular weight is 496 g/mol. The normalized spacial score (nSPS) is 17.1. The van der Waals surface area contributed by atoms with Crippen LogP contribution in [0.15, 0.2) is 49.3 Å². The van der Waals surface area contributed by atoms with E-state index in [0.29, 0.717) is 3.79 Å². The summed E-state index contributed by atoms with van der Waals surface area (Å²) in [4.78, 5) is 10.0. The summed E-state index contributed by atoms with van der Waals surface area (Å²) in [6.45, 7) is -0.0500. The maximum atomic E-state index is 12.7. The van der Waals surface area contributed by atoms with Gasteiger partial charge < -0.3 is 0 Å².